The van der Waals surface area contributed by atoms with Crippen LogP contribution in [0.1, 0.15) is 64.5 Å². The highest BCUT2D eigenvalue weighted by molar-refractivity contribution is 5.67. The first-order valence-corrected chi connectivity index (χ1v) is 9.66. The molecule has 7 heteroatoms. The van der Waals surface area contributed by atoms with Crippen molar-refractivity contribution in [1.82, 2.24) is 15.3 Å². The molecular formula is C19H31N5O2. The molecule has 3 N–H and O–H groups in total. The Morgan fingerprint density at radius 3 is 2.62 bits per heavy atom. The fourth-order valence-corrected chi connectivity index (χ4v) is 3.67. The Balaban J connectivity index is 1.51. The second-order valence-electron chi connectivity index (χ2n) is 8.50. The first-order valence-electron chi connectivity index (χ1n) is 9.66. The van der Waals surface area contributed by atoms with Gasteiger partial charge in [0.25, 0.3) is 0 Å². The van der Waals surface area contributed by atoms with E-state index in [9.17, 15) is 4.79 Å². The molecule has 2 aliphatic rings. The summed E-state index contributed by atoms with van der Waals surface area (Å²) in [4.78, 5) is 22.8. The van der Waals surface area contributed by atoms with Crippen LogP contribution in [0.4, 0.5) is 16.6 Å². The van der Waals surface area contributed by atoms with Crippen molar-refractivity contribution in [1.29, 1.82) is 0 Å². The SMILES string of the molecule is CC(C)(C)OC(=O)NCC1CN(c2cc(C3CCCCC3)nc(N)n2)C1. The first-order chi connectivity index (χ1) is 12.3. The molecule has 0 unspecified atom stereocenters. The molecule has 144 valence electrons. The zero-order valence-corrected chi connectivity index (χ0v) is 16.1. The summed E-state index contributed by atoms with van der Waals surface area (Å²) >= 11 is 0. The predicted molar refractivity (Wildman–Crippen MR) is 102 cm³/mol. The average molecular weight is 361 g/mol. The predicted octanol–water partition coefficient (Wildman–Crippen LogP) is 3.07. The van der Waals surface area contributed by atoms with Crippen LogP contribution in [-0.2, 0) is 4.74 Å². The third-order valence-electron chi connectivity index (χ3n) is 4.99. The number of ether oxygens (including phenoxy) is 1. The van der Waals surface area contributed by atoms with Gasteiger partial charge in [0.15, 0.2) is 0 Å². The second-order valence-corrected chi connectivity index (χ2v) is 8.50. The molecule has 1 saturated carbocycles. The molecule has 7 nitrogen and oxygen atoms in total. The number of nitrogens with two attached hydrogens (primary N) is 1. The molecule has 26 heavy (non-hydrogen) atoms. The van der Waals surface area contributed by atoms with E-state index in [1.807, 2.05) is 20.8 Å². The van der Waals surface area contributed by atoms with E-state index in [0.29, 0.717) is 24.3 Å². The topological polar surface area (TPSA) is 93.4 Å². The normalized spacial score (nSPS) is 19.1. The standard InChI is InChI=1S/C19H31N5O2/c1-19(2,3)26-18(25)21-10-13-11-24(12-13)16-9-15(22-17(20)23-16)14-7-5-4-6-8-14/h9,13-14H,4-8,10-12H2,1-3H3,(H,21,25)(H2,20,22,23). The lowest BCUT2D eigenvalue weighted by Gasteiger charge is -2.40. The van der Waals surface area contributed by atoms with Crippen LogP contribution in [0.25, 0.3) is 0 Å². The lowest BCUT2D eigenvalue weighted by Crippen LogP contribution is -2.52. The van der Waals surface area contributed by atoms with Crippen LogP contribution < -0.4 is 16.0 Å². The number of aromatic nitrogens is 2. The zero-order valence-electron chi connectivity index (χ0n) is 16.1. The van der Waals surface area contributed by atoms with Crippen molar-refractivity contribution in [3.63, 3.8) is 0 Å². The molecule has 1 aliphatic carbocycles. The number of nitrogens with one attached hydrogen (secondary N) is 1. The Hall–Kier alpha value is -2.05. The minimum Gasteiger partial charge on any atom is -0.444 e. The maximum absolute atomic E-state index is 11.7. The third-order valence-corrected chi connectivity index (χ3v) is 4.99. The van der Waals surface area contributed by atoms with Gasteiger partial charge in [-0.3, -0.25) is 0 Å². The first kappa shape index (κ1) is 18.7. The van der Waals surface area contributed by atoms with Gasteiger partial charge in [-0.15, -0.1) is 0 Å². The van der Waals surface area contributed by atoms with Crippen LogP contribution in [0.2, 0.25) is 0 Å². The van der Waals surface area contributed by atoms with Crippen molar-refractivity contribution in [3.05, 3.63) is 11.8 Å². The highest BCUT2D eigenvalue weighted by atomic mass is 16.6. The summed E-state index contributed by atoms with van der Waals surface area (Å²) in [6.45, 7) is 7.91. The van der Waals surface area contributed by atoms with E-state index in [4.69, 9.17) is 10.5 Å². The van der Waals surface area contributed by atoms with Crippen LogP contribution in [-0.4, -0.2) is 41.3 Å². The number of nitrogens with zero attached hydrogens (tertiary/aromatic N) is 3. The lowest BCUT2D eigenvalue weighted by molar-refractivity contribution is 0.0516. The van der Waals surface area contributed by atoms with Crippen molar-refractivity contribution in [3.8, 4) is 0 Å². The number of anilines is 2. The van der Waals surface area contributed by atoms with Crippen molar-refractivity contribution < 1.29 is 9.53 Å². The number of hydrogen-bond donors (Lipinski definition) is 2. The number of rotatable bonds is 4. The van der Waals surface area contributed by atoms with Gasteiger partial charge in [-0.2, -0.15) is 4.98 Å². The lowest BCUT2D eigenvalue weighted by atomic mass is 9.86. The largest absolute Gasteiger partial charge is 0.444 e. The fraction of sp³-hybridized carbons (Fsp3) is 0.737. The van der Waals surface area contributed by atoms with E-state index in [1.165, 1.54) is 32.1 Å². The number of nitrogen functional groups attached to an aromatic ring is 1. The summed E-state index contributed by atoms with van der Waals surface area (Å²) in [6, 6.07) is 2.10. The molecular weight excluding hydrogens is 330 g/mol. The van der Waals surface area contributed by atoms with E-state index in [1.54, 1.807) is 0 Å². The summed E-state index contributed by atoms with van der Waals surface area (Å²) in [6.07, 6.45) is 5.89. The Labute approximate surface area is 155 Å². The number of amides is 1. The van der Waals surface area contributed by atoms with E-state index >= 15 is 0 Å². The molecule has 1 aromatic heterocycles. The maximum atomic E-state index is 11.7. The van der Waals surface area contributed by atoms with Gasteiger partial charge in [-0.1, -0.05) is 19.3 Å². The number of carbonyl (C=O) groups is 1. The van der Waals surface area contributed by atoms with Gasteiger partial charge in [0.05, 0.1) is 5.69 Å². The van der Waals surface area contributed by atoms with Gasteiger partial charge in [0.1, 0.15) is 11.4 Å². The average Bonchev–Trinajstić information content (AvgIpc) is 2.52. The van der Waals surface area contributed by atoms with E-state index in [0.717, 1.165) is 24.6 Å². The Morgan fingerprint density at radius 1 is 1.27 bits per heavy atom. The number of hydrogen-bond acceptors (Lipinski definition) is 6. The van der Waals surface area contributed by atoms with Gasteiger partial charge in [0, 0.05) is 37.5 Å². The van der Waals surface area contributed by atoms with Crippen LogP contribution in [0, 0.1) is 5.92 Å². The van der Waals surface area contributed by atoms with Crippen molar-refractivity contribution >= 4 is 17.9 Å². The molecule has 0 atom stereocenters. The summed E-state index contributed by atoms with van der Waals surface area (Å²) in [7, 11) is 0. The molecule has 3 rings (SSSR count). The van der Waals surface area contributed by atoms with Gasteiger partial charge in [-0.05, 0) is 33.6 Å². The molecule has 0 radical (unpaired) electrons. The molecule has 0 bridgehead atoms. The highest BCUT2D eigenvalue weighted by Gasteiger charge is 2.30. The molecule has 0 aromatic carbocycles. The number of alkyl carbamates (subject to hydrolysis) is 1. The molecule has 0 spiro atoms. The van der Waals surface area contributed by atoms with E-state index < -0.39 is 5.60 Å². The quantitative estimate of drug-likeness (QED) is 0.856. The zero-order chi connectivity index (χ0) is 18.7. The molecule has 2 fully saturated rings. The van der Waals surface area contributed by atoms with Gasteiger partial charge in [-0.25, -0.2) is 9.78 Å². The van der Waals surface area contributed by atoms with Gasteiger partial charge in [0.2, 0.25) is 5.95 Å². The molecule has 1 aliphatic heterocycles. The van der Waals surface area contributed by atoms with Crippen LogP contribution in [0.15, 0.2) is 6.07 Å². The van der Waals surface area contributed by atoms with Crippen LogP contribution >= 0.6 is 0 Å². The van der Waals surface area contributed by atoms with E-state index in [2.05, 4.69) is 26.3 Å². The smallest absolute Gasteiger partial charge is 0.407 e. The molecule has 2 heterocycles. The fourth-order valence-electron chi connectivity index (χ4n) is 3.67. The number of carbonyl (C=O) groups excluding carboxylic acids is 1. The van der Waals surface area contributed by atoms with Crippen molar-refractivity contribution in [2.45, 2.75) is 64.4 Å². The van der Waals surface area contributed by atoms with Crippen LogP contribution in [0.5, 0.6) is 0 Å². The Bertz CT molecular complexity index is 631. The minimum absolute atomic E-state index is 0.359. The summed E-state index contributed by atoms with van der Waals surface area (Å²) in [5, 5.41) is 2.84. The Morgan fingerprint density at radius 2 is 1.96 bits per heavy atom. The summed E-state index contributed by atoms with van der Waals surface area (Å²) in [5.74, 6) is 2.18. The molecule has 1 saturated heterocycles. The molecule has 1 aromatic rings. The second kappa shape index (κ2) is 7.68. The molecule has 1 amide bonds. The van der Waals surface area contributed by atoms with E-state index in [-0.39, 0.29) is 6.09 Å². The van der Waals surface area contributed by atoms with Gasteiger partial charge < -0.3 is 20.7 Å². The minimum atomic E-state index is -0.469. The Kier molecular flexibility index (Phi) is 5.53. The highest BCUT2D eigenvalue weighted by Crippen LogP contribution is 2.34. The van der Waals surface area contributed by atoms with Crippen molar-refractivity contribution in [2.75, 3.05) is 30.3 Å². The summed E-state index contributed by atoms with van der Waals surface area (Å²) < 4.78 is 5.27. The van der Waals surface area contributed by atoms with Gasteiger partial charge >= 0.3 is 6.09 Å². The summed E-state index contributed by atoms with van der Waals surface area (Å²) in [5.41, 5.74) is 6.57. The maximum Gasteiger partial charge on any atom is 0.407 e. The van der Waals surface area contributed by atoms with Crippen molar-refractivity contribution in [2.24, 2.45) is 5.92 Å². The van der Waals surface area contributed by atoms with Crippen LogP contribution in [0.3, 0.4) is 0 Å². The monoisotopic (exact) mass is 361 g/mol. The third kappa shape index (κ3) is 4.99.